The molecular formula is C25H34N12O7. The monoisotopic (exact) mass is 614 g/mol. The number of aromatic nitrogens is 6. The van der Waals surface area contributed by atoms with Crippen LogP contribution in [0.25, 0.3) is 0 Å². The third-order valence-electron chi connectivity index (χ3n) is 6.33. The average Bonchev–Trinajstić information content (AvgIpc) is 3.78. The number of nitrogens with zero attached hydrogens (tertiary/aromatic N) is 3. The molecule has 0 aromatic carbocycles. The van der Waals surface area contributed by atoms with Crippen molar-refractivity contribution in [2.24, 2.45) is 11.5 Å². The van der Waals surface area contributed by atoms with Gasteiger partial charge in [0.15, 0.2) is 0 Å². The van der Waals surface area contributed by atoms with Gasteiger partial charge in [0.05, 0.1) is 25.5 Å². The zero-order valence-corrected chi connectivity index (χ0v) is 23.4. The maximum Gasteiger partial charge on any atom is 0.326 e. The van der Waals surface area contributed by atoms with Crippen LogP contribution < -0.4 is 32.7 Å². The van der Waals surface area contributed by atoms with Gasteiger partial charge >= 0.3 is 5.97 Å². The maximum atomic E-state index is 13.6. The third-order valence-corrected chi connectivity index (χ3v) is 6.33. The fourth-order valence-corrected chi connectivity index (χ4v) is 4.09. The van der Waals surface area contributed by atoms with Crippen LogP contribution in [0.1, 0.15) is 29.9 Å². The SMILES string of the molecule is NCC(=O)N[C@@H](CCC(N)=O)C(=O)N[C@@H](Cc1cnc[nH]1)C(=O)N[C@@H](Cc1cnc[nH]1)C(=O)N[C@@H](Cc1cnc[nH]1)C(=O)O. The molecule has 4 atom stereocenters. The lowest BCUT2D eigenvalue weighted by molar-refractivity contribution is -0.142. The minimum atomic E-state index is -1.36. The summed E-state index contributed by atoms with van der Waals surface area (Å²) in [5, 5.41) is 19.6. The van der Waals surface area contributed by atoms with Crippen molar-refractivity contribution in [1.29, 1.82) is 0 Å². The molecule has 5 amide bonds. The van der Waals surface area contributed by atoms with Gasteiger partial charge in [-0.15, -0.1) is 0 Å². The van der Waals surface area contributed by atoms with Crippen LogP contribution in [-0.4, -0.2) is 101 Å². The number of carboxylic acids is 1. The van der Waals surface area contributed by atoms with Crippen LogP contribution in [0.2, 0.25) is 0 Å². The number of rotatable bonds is 18. The predicted octanol–water partition coefficient (Wildman–Crippen LogP) is -3.87. The molecule has 0 bridgehead atoms. The van der Waals surface area contributed by atoms with Crippen LogP contribution in [0.4, 0.5) is 0 Å². The molecule has 0 spiro atoms. The van der Waals surface area contributed by atoms with Crippen molar-refractivity contribution >= 4 is 35.5 Å². The molecule has 19 nitrogen and oxygen atoms in total. The summed E-state index contributed by atoms with van der Waals surface area (Å²) in [4.78, 5) is 95.4. The van der Waals surface area contributed by atoms with E-state index in [9.17, 15) is 33.9 Å². The van der Waals surface area contributed by atoms with Crippen molar-refractivity contribution in [3.63, 3.8) is 0 Å². The Bertz CT molecular complexity index is 1390. The number of aromatic amines is 3. The number of aliphatic carboxylic acids is 1. The highest BCUT2D eigenvalue weighted by Gasteiger charge is 2.32. The summed E-state index contributed by atoms with van der Waals surface area (Å²) in [5.74, 6) is -5.15. The molecule has 236 valence electrons. The number of carbonyl (C=O) groups is 6. The maximum absolute atomic E-state index is 13.6. The van der Waals surface area contributed by atoms with Crippen molar-refractivity contribution in [3.05, 3.63) is 54.7 Å². The molecule has 0 aliphatic heterocycles. The van der Waals surface area contributed by atoms with Crippen molar-refractivity contribution in [3.8, 4) is 0 Å². The number of H-pyrrole nitrogens is 3. The van der Waals surface area contributed by atoms with Crippen LogP contribution >= 0.6 is 0 Å². The van der Waals surface area contributed by atoms with Gasteiger partial charge in [0.2, 0.25) is 29.5 Å². The van der Waals surface area contributed by atoms with E-state index >= 15 is 0 Å². The molecule has 0 radical (unpaired) electrons. The predicted molar refractivity (Wildman–Crippen MR) is 150 cm³/mol. The Morgan fingerprint density at radius 2 is 1.09 bits per heavy atom. The van der Waals surface area contributed by atoms with Gasteiger partial charge in [-0.1, -0.05) is 0 Å². The van der Waals surface area contributed by atoms with Gasteiger partial charge in [-0.2, -0.15) is 0 Å². The molecule has 3 aromatic heterocycles. The molecule has 12 N–H and O–H groups in total. The van der Waals surface area contributed by atoms with Crippen LogP contribution in [0, 0.1) is 0 Å². The minimum Gasteiger partial charge on any atom is -0.480 e. The summed E-state index contributed by atoms with van der Waals surface area (Å²) in [6, 6.07) is -5.23. The number of hydrogen-bond donors (Lipinski definition) is 10. The number of nitrogens with one attached hydrogen (secondary N) is 7. The zero-order valence-electron chi connectivity index (χ0n) is 23.4. The molecule has 0 unspecified atom stereocenters. The number of hydrogen-bond acceptors (Lipinski definition) is 10. The second kappa shape index (κ2) is 16.2. The topological polar surface area (TPSA) is 309 Å². The molecule has 44 heavy (non-hydrogen) atoms. The lowest BCUT2D eigenvalue weighted by Gasteiger charge is -2.25. The quantitative estimate of drug-likeness (QED) is 0.0661. The van der Waals surface area contributed by atoms with Gasteiger partial charge in [-0.05, 0) is 6.42 Å². The van der Waals surface area contributed by atoms with E-state index in [-0.39, 0.29) is 32.1 Å². The second-order valence-electron chi connectivity index (χ2n) is 9.69. The Kier molecular flexibility index (Phi) is 12.1. The summed E-state index contributed by atoms with van der Waals surface area (Å²) < 4.78 is 0. The second-order valence-corrected chi connectivity index (χ2v) is 9.69. The van der Waals surface area contributed by atoms with Crippen LogP contribution in [0.5, 0.6) is 0 Å². The molecule has 0 aliphatic carbocycles. The molecular weight excluding hydrogens is 580 g/mol. The zero-order chi connectivity index (χ0) is 32.1. The van der Waals surface area contributed by atoms with Crippen molar-refractivity contribution in [2.75, 3.05) is 6.54 Å². The first-order valence-electron chi connectivity index (χ1n) is 13.4. The van der Waals surface area contributed by atoms with E-state index in [0.717, 1.165) is 0 Å². The Labute approximate surface area is 249 Å². The van der Waals surface area contributed by atoms with E-state index < -0.39 is 66.2 Å². The molecule has 3 aromatic rings. The van der Waals surface area contributed by atoms with Crippen molar-refractivity contribution in [2.45, 2.75) is 56.3 Å². The fourth-order valence-electron chi connectivity index (χ4n) is 4.09. The first kappa shape index (κ1) is 32.9. The Morgan fingerprint density at radius 3 is 1.45 bits per heavy atom. The van der Waals surface area contributed by atoms with Gasteiger partial charge < -0.3 is 52.8 Å². The first-order chi connectivity index (χ1) is 21.0. The van der Waals surface area contributed by atoms with E-state index in [1.54, 1.807) is 0 Å². The molecule has 0 saturated carbocycles. The standard InChI is InChI=1S/C25H34N12O7/c26-6-21(39)34-16(1-2-20(27)38)22(40)35-17(3-13-7-28-10-31-13)23(41)36-18(4-14-8-29-11-32-14)24(42)37-19(25(43)44)5-15-9-30-12-33-15/h7-12,16-19H,1-6,26H2,(H2,27,38)(H,28,31)(H,29,32)(H,30,33)(H,34,39)(H,35,40)(H,36,41)(H,37,42)(H,43,44)/t16-,17-,18-,19-/m0/s1. The number of nitrogens with two attached hydrogens (primary N) is 2. The summed E-state index contributed by atoms with van der Waals surface area (Å²) >= 11 is 0. The average molecular weight is 615 g/mol. The fraction of sp³-hybridized carbons (Fsp3) is 0.400. The van der Waals surface area contributed by atoms with E-state index in [0.29, 0.717) is 17.1 Å². The molecule has 3 rings (SSSR count). The van der Waals surface area contributed by atoms with Crippen LogP contribution in [-0.2, 0) is 48.0 Å². The Balaban J connectivity index is 1.82. The van der Waals surface area contributed by atoms with Gasteiger partial charge in [0.25, 0.3) is 0 Å². The smallest absolute Gasteiger partial charge is 0.326 e. The number of carboxylic acid groups (broad SMARTS) is 1. The molecule has 0 fully saturated rings. The normalized spacial score (nSPS) is 13.6. The lowest BCUT2D eigenvalue weighted by Crippen LogP contribution is -2.59. The van der Waals surface area contributed by atoms with E-state index in [1.165, 1.54) is 37.6 Å². The molecule has 0 aliphatic rings. The Morgan fingerprint density at radius 1 is 0.682 bits per heavy atom. The number of carbonyl (C=O) groups excluding carboxylic acids is 5. The summed E-state index contributed by atoms with van der Waals surface area (Å²) in [5.41, 5.74) is 11.9. The minimum absolute atomic E-state index is 0.105. The van der Waals surface area contributed by atoms with E-state index in [2.05, 4.69) is 51.2 Å². The third kappa shape index (κ3) is 10.4. The first-order valence-corrected chi connectivity index (χ1v) is 13.4. The highest BCUT2D eigenvalue weighted by Crippen LogP contribution is 2.07. The molecule has 19 heteroatoms. The van der Waals surface area contributed by atoms with Crippen molar-refractivity contribution in [1.82, 2.24) is 51.2 Å². The number of amides is 5. The molecule has 0 saturated heterocycles. The number of imidazole rings is 3. The van der Waals surface area contributed by atoms with E-state index in [1.807, 2.05) is 0 Å². The van der Waals surface area contributed by atoms with Gasteiger partial charge in [-0.25, -0.2) is 19.7 Å². The van der Waals surface area contributed by atoms with Crippen LogP contribution in [0.15, 0.2) is 37.6 Å². The summed E-state index contributed by atoms with van der Waals surface area (Å²) in [6.45, 7) is -0.430. The molecule has 3 heterocycles. The highest BCUT2D eigenvalue weighted by molar-refractivity contribution is 5.95. The summed E-state index contributed by atoms with van der Waals surface area (Å²) in [7, 11) is 0. The van der Waals surface area contributed by atoms with Gasteiger partial charge in [0.1, 0.15) is 24.2 Å². The van der Waals surface area contributed by atoms with E-state index in [4.69, 9.17) is 11.5 Å². The van der Waals surface area contributed by atoms with Gasteiger partial charge in [0, 0.05) is 61.4 Å². The van der Waals surface area contributed by atoms with Crippen LogP contribution in [0.3, 0.4) is 0 Å². The lowest BCUT2D eigenvalue weighted by atomic mass is 10.1. The largest absolute Gasteiger partial charge is 0.480 e. The summed E-state index contributed by atoms with van der Waals surface area (Å²) in [6.07, 6.45) is 7.65. The van der Waals surface area contributed by atoms with Gasteiger partial charge in [-0.3, -0.25) is 24.0 Å². The Hall–Kier alpha value is -5.59. The van der Waals surface area contributed by atoms with Crippen molar-refractivity contribution < 1.29 is 33.9 Å². The number of primary amides is 1. The highest BCUT2D eigenvalue weighted by atomic mass is 16.4.